The first-order valence-electron chi connectivity index (χ1n) is 7.79. The van der Waals surface area contributed by atoms with Crippen LogP contribution in [0.1, 0.15) is 29.2 Å². The average molecular weight is 345 g/mol. The SMILES string of the molecule is COc1ccc(F)cc1CC(=O)NC(CC(=O)O)c1ccccc1C. The van der Waals surface area contributed by atoms with Gasteiger partial charge in [0.05, 0.1) is 26.0 Å². The molecule has 0 saturated heterocycles. The maximum atomic E-state index is 13.4. The molecule has 2 aromatic rings. The Morgan fingerprint density at radius 3 is 2.60 bits per heavy atom. The zero-order valence-electron chi connectivity index (χ0n) is 14.1. The Morgan fingerprint density at radius 2 is 1.96 bits per heavy atom. The van der Waals surface area contributed by atoms with Crippen molar-refractivity contribution < 1.29 is 23.8 Å². The Balaban J connectivity index is 2.19. The number of carbonyl (C=O) groups is 2. The van der Waals surface area contributed by atoms with Gasteiger partial charge < -0.3 is 15.2 Å². The second-order valence-electron chi connectivity index (χ2n) is 5.71. The highest BCUT2D eigenvalue weighted by atomic mass is 19.1. The molecule has 0 heterocycles. The van der Waals surface area contributed by atoms with Gasteiger partial charge in [-0.2, -0.15) is 0 Å². The van der Waals surface area contributed by atoms with E-state index in [1.807, 2.05) is 19.1 Å². The second kappa shape index (κ2) is 8.28. The van der Waals surface area contributed by atoms with Crippen LogP contribution in [0, 0.1) is 12.7 Å². The zero-order chi connectivity index (χ0) is 18.4. The minimum Gasteiger partial charge on any atom is -0.496 e. The van der Waals surface area contributed by atoms with Crippen molar-refractivity contribution in [3.63, 3.8) is 0 Å². The number of benzene rings is 2. The molecule has 0 bridgehead atoms. The number of rotatable bonds is 7. The van der Waals surface area contributed by atoms with E-state index in [1.165, 1.54) is 25.3 Å². The lowest BCUT2D eigenvalue weighted by Gasteiger charge is -2.20. The molecule has 25 heavy (non-hydrogen) atoms. The molecule has 0 aliphatic carbocycles. The summed E-state index contributed by atoms with van der Waals surface area (Å²) >= 11 is 0. The molecule has 0 aromatic heterocycles. The first kappa shape index (κ1) is 18.4. The third-order valence-electron chi connectivity index (χ3n) is 3.87. The predicted molar refractivity (Wildman–Crippen MR) is 91.0 cm³/mol. The maximum absolute atomic E-state index is 13.4. The Morgan fingerprint density at radius 1 is 1.24 bits per heavy atom. The summed E-state index contributed by atoms with van der Waals surface area (Å²) in [6.07, 6.45) is -0.347. The van der Waals surface area contributed by atoms with Crippen molar-refractivity contribution in [3.8, 4) is 5.75 Å². The minimum atomic E-state index is -1.02. The number of carbonyl (C=O) groups excluding carboxylic acids is 1. The lowest BCUT2D eigenvalue weighted by atomic mass is 9.98. The normalized spacial score (nSPS) is 11.6. The van der Waals surface area contributed by atoms with Crippen LogP contribution in [0.25, 0.3) is 0 Å². The van der Waals surface area contributed by atoms with Crippen LogP contribution in [-0.2, 0) is 16.0 Å². The molecular formula is C19H20FNO4. The van der Waals surface area contributed by atoms with Crippen molar-refractivity contribution in [1.82, 2.24) is 5.32 Å². The van der Waals surface area contributed by atoms with Crippen molar-refractivity contribution in [1.29, 1.82) is 0 Å². The third-order valence-corrected chi connectivity index (χ3v) is 3.87. The molecule has 1 amide bonds. The number of methoxy groups -OCH3 is 1. The maximum Gasteiger partial charge on any atom is 0.305 e. The molecule has 0 aliphatic heterocycles. The van der Waals surface area contributed by atoms with Gasteiger partial charge in [0.2, 0.25) is 5.91 Å². The van der Waals surface area contributed by atoms with Gasteiger partial charge in [-0.15, -0.1) is 0 Å². The first-order chi connectivity index (χ1) is 11.9. The zero-order valence-corrected chi connectivity index (χ0v) is 14.1. The Bertz CT molecular complexity index is 776. The van der Waals surface area contributed by atoms with Crippen LogP contribution in [0.4, 0.5) is 4.39 Å². The fraction of sp³-hybridized carbons (Fsp3) is 0.263. The fourth-order valence-electron chi connectivity index (χ4n) is 2.69. The number of ether oxygens (including phenoxy) is 1. The average Bonchev–Trinajstić information content (AvgIpc) is 2.54. The smallest absolute Gasteiger partial charge is 0.305 e. The van der Waals surface area contributed by atoms with Crippen molar-refractivity contribution in [2.75, 3.05) is 7.11 Å². The number of hydrogen-bond acceptors (Lipinski definition) is 3. The summed E-state index contributed by atoms with van der Waals surface area (Å²) in [4.78, 5) is 23.5. The standard InChI is InChI=1S/C19H20FNO4/c1-12-5-3-4-6-15(12)16(11-19(23)24)21-18(22)10-13-9-14(20)7-8-17(13)25-2/h3-9,16H,10-11H2,1-2H3,(H,21,22)(H,23,24). The van der Waals surface area contributed by atoms with Crippen LogP contribution in [0.2, 0.25) is 0 Å². The number of carboxylic acid groups (broad SMARTS) is 1. The molecule has 2 aromatic carbocycles. The summed E-state index contributed by atoms with van der Waals surface area (Å²) < 4.78 is 18.6. The van der Waals surface area contributed by atoms with Crippen molar-refractivity contribution in [2.24, 2.45) is 0 Å². The quantitative estimate of drug-likeness (QED) is 0.809. The van der Waals surface area contributed by atoms with Gasteiger partial charge in [0.25, 0.3) is 0 Å². The van der Waals surface area contributed by atoms with E-state index in [-0.39, 0.29) is 12.8 Å². The molecule has 0 radical (unpaired) electrons. The van der Waals surface area contributed by atoms with Crippen molar-refractivity contribution in [2.45, 2.75) is 25.8 Å². The summed E-state index contributed by atoms with van der Waals surface area (Å²) in [7, 11) is 1.44. The van der Waals surface area contributed by atoms with E-state index in [0.29, 0.717) is 11.3 Å². The highest BCUT2D eigenvalue weighted by Gasteiger charge is 2.20. The Labute approximate surface area is 145 Å². The van der Waals surface area contributed by atoms with Gasteiger partial charge >= 0.3 is 5.97 Å². The van der Waals surface area contributed by atoms with Gasteiger partial charge in [-0.3, -0.25) is 9.59 Å². The summed E-state index contributed by atoms with van der Waals surface area (Å²) in [6, 6.07) is 10.5. The summed E-state index contributed by atoms with van der Waals surface area (Å²) in [5.41, 5.74) is 2.03. The van der Waals surface area contributed by atoms with Crippen molar-refractivity contribution in [3.05, 3.63) is 65.0 Å². The monoisotopic (exact) mass is 345 g/mol. The van der Waals surface area contributed by atoms with Crippen LogP contribution in [-0.4, -0.2) is 24.1 Å². The topological polar surface area (TPSA) is 75.6 Å². The lowest BCUT2D eigenvalue weighted by molar-refractivity contribution is -0.137. The Kier molecular flexibility index (Phi) is 6.11. The fourth-order valence-corrected chi connectivity index (χ4v) is 2.69. The van der Waals surface area contributed by atoms with Crippen LogP contribution in [0.15, 0.2) is 42.5 Å². The molecule has 0 fully saturated rings. The first-order valence-corrected chi connectivity index (χ1v) is 7.79. The summed E-state index contributed by atoms with van der Waals surface area (Å²) in [5, 5.41) is 11.9. The number of amides is 1. The van der Waals surface area contributed by atoms with E-state index >= 15 is 0 Å². The number of aliphatic carboxylic acids is 1. The molecule has 1 atom stereocenters. The predicted octanol–water partition coefficient (Wildman–Crippen LogP) is 3.02. The minimum absolute atomic E-state index is 0.108. The number of aryl methyl sites for hydroxylation is 1. The van der Waals surface area contributed by atoms with Crippen molar-refractivity contribution >= 4 is 11.9 Å². The van der Waals surface area contributed by atoms with Gasteiger partial charge in [0.15, 0.2) is 0 Å². The molecule has 0 spiro atoms. The van der Waals surface area contributed by atoms with Gasteiger partial charge in [0, 0.05) is 5.56 Å². The molecule has 5 nitrogen and oxygen atoms in total. The van der Waals surface area contributed by atoms with E-state index in [1.54, 1.807) is 12.1 Å². The van der Waals surface area contributed by atoms with Crippen LogP contribution < -0.4 is 10.1 Å². The molecular weight excluding hydrogens is 325 g/mol. The molecule has 0 saturated carbocycles. The van der Waals surface area contributed by atoms with E-state index in [0.717, 1.165) is 11.1 Å². The molecule has 2 N–H and O–H groups in total. The molecule has 0 aliphatic rings. The van der Waals surface area contributed by atoms with Gasteiger partial charge in [-0.1, -0.05) is 24.3 Å². The van der Waals surface area contributed by atoms with E-state index < -0.39 is 23.7 Å². The summed E-state index contributed by atoms with van der Waals surface area (Å²) in [5.74, 6) is -1.48. The van der Waals surface area contributed by atoms with Crippen LogP contribution >= 0.6 is 0 Å². The van der Waals surface area contributed by atoms with Crippen LogP contribution in [0.3, 0.4) is 0 Å². The lowest BCUT2D eigenvalue weighted by Crippen LogP contribution is -2.32. The summed E-state index contributed by atoms with van der Waals surface area (Å²) in [6.45, 7) is 1.85. The van der Waals surface area contributed by atoms with Crippen LogP contribution in [0.5, 0.6) is 5.75 Å². The van der Waals surface area contributed by atoms with E-state index in [2.05, 4.69) is 5.32 Å². The van der Waals surface area contributed by atoms with E-state index in [4.69, 9.17) is 9.84 Å². The molecule has 6 heteroatoms. The van der Waals surface area contributed by atoms with Gasteiger partial charge in [-0.25, -0.2) is 4.39 Å². The Hall–Kier alpha value is -2.89. The largest absolute Gasteiger partial charge is 0.496 e. The van der Waals surface area contributed by atoms with E-state index in [9.17, 15) is 14.0 Å². The number of hydrogen-bond donors (Lipinski definition) is 2. The third kappa shape index (κ3) is 5.04. The molecule has 132 valence electrons. The van der Waals surface area contributed by atoms with Gasteiger partial charge in [0.1, 0.15) is 11.6 Å². The highest BCUT2D eigenvalue weighted by Crippen LogP contribution is 2.23. The number of carboxylic acids is 1. The number of nitrogens with one attached hydrogen (secondary N) is 1. The second-order valence-corrected chi connectivity index (χ2v) is 5.71. The molecule has 2 rings (SSSR count). The van der Waals surface area contributed by atoms with Gasteiger partial charge in [-0.05, 0) is 36.2 Å². The molecule has 1 unspecified atom stereocenters. The number of halogens is 1. The highest BCUT2D eigenvalue weighted by molar-refractivity contribution is 5.80.